The number of phenols is 1. The van der Waals surface area contributed by atoms with Gasteiger partial charge >= 0.3 is 0 Å². The number of phenolic OH excluding ortho intramolecular Hbond substituents is 1. The summed E-state index contributed by atoms with van der Waals surface area (Å²) in [4.78, 5) is 14.7. The summed E-state index contributed by atoms with van der Waals surface area (Å²) in [7, 11) is 0. The summed E-state index contributed by atoms with van der Waals surface area (Å²) in [6.45, 7) is 3.11. The molecule has 0 radical (unpaired) electrons. The van der Waals surface area contributed by atoms with Gasteiger partial charge in [-0.15, -0.1) is 0 Å². The SMILES string of the molecule is O=C(Cc1cccc(O)c1)NC[C@H]1CCN(C2CCCCC2)C1. The third kappa shape index (κ3) is 4.71. The van der Waals surface area contributed by atoms with Crippen molar-refractivity contribution in [2.24, 2.45) is 5.92 Å². The Kier molecular flexibility index (Phi) is 5.55. The van der Waals surface area contributed by atoms with Crippen molar-refractivity contribution in [1.29, 1.82) is 0 Å². The number of aromatic hydroxyl groups is 1. The van der Waals surface area contributed by atoms with E-state index in [-0.39, 0.29) is 11.7 Å². The Morgan fingerprint density at radius 1 is 1.22 bits per heavy atom. The predicted octanol–water partition coefficient (Wildman–Crippen LogP) is 2.71. The first-order chi connectivity index (χ1) is 11.2. The Hall–Kier alpha value is -1.55. The molecule has 0 spiro atoms. The van der Waals surface area contributed by atoms with Gasteiger partial charge in [-0.1, -0.05) is 31.4 Å². The smallest absolute Gasteiger partial charge is 0.224 e. The zero-order chi connectivity index (χ0) is 16.1. The number of benzene rings is 1. The van der Waals surface area contributed by atoms with Gasteiger partial charge in [0.25, 0.3) is 0 Å². The molecule has 1 saturated heterocycles. The first-order valence-electron chi connectivity index (χ1n) is 8.99. The van der Waals surface area contributed by atoms with Gasteiger partial charge in [0.2, 0.25) is 5.91 Å². The first-order valence-corrected chi connectivity index (χ1v) is 8.99. The number of rotatable bonds is 5. The van der Waals surface area contributed by atoms with Crippen LogP contribution in [0.1, 0.15) is 44.1 Å². The molecule has 0 bridgehead atoms. The average Bonchev–Trinajstić information content (AvgIpc) is 3.03. The normalized spacial score (nSPS) is 23.0. The number of amides is 1. The van der Waals surface area contributed by atoms with Crippen LogP contribution in [0.4, 0.5) is 0 Å². The molecule has 1 saturated carbocycles. The predicted molar refractivity (Wildman–Crippen MR) is 91.4 cm³/mol. The highest BCUT2D eigenvalue weighted by molar-refractivity contribution is 5.78. The van der Waals surface area contributed by atoms with Crippen LogP contribution in [0.3, 0.4) is 0 Å². The average molecular weight is 316 g/mol. The van der Waals surface area contributed by atoms with Crippen LogP contribution < -0.4 is 5.32 Å². The number of hydrogen-bond acceptors (Lipinski definition) is 3. The van der Waals surface area contributed by atoms with Crippen molar-refractivity contribution in [3.63, 3.8) is 0 Å². The van der Waals surface area contributed by atoms with Crippen molar-refractivity contribution in [3.05, 3.63) is 29.8 Å². The number of carbonyl (C=O) groups excluding carboxylic acids is 1. The second kappa shape index (κ2) is 7.82. The van der Waals surface area contributed by atoms with E-state index in [0.29, 0.717) is 12.3 Å². The Balaban J connectivity index is 1.39. The molecule has 0 aromatic heterocycles. The van der Waals surface area contributed by atoms with E-state index in [1.807, 2.05) is 6.07 Å². The zero-order valence-corrected chi connectivity index (χ0v) is 13.8. The summed E-state index contributed by atoms with van der Waals surface area (Å²) >= 11 is 0. The highest BCUT2D eigenvalue weighted by atomic mass is 16.3. The van der Waals surface area contributed by atoms with E-state index in [2.05, 4.69) is 10.2 Å². The van der Waals surface area contributed by atoms with Crippen molar-refractivity contribution in [1.82, 2.24) is 10.2 Å². The quantitative estimate of drug-likeness (QED) is 0.878. The number of nitrogens with one attached hydrogen (secondary N) is 1. The molecule has 23 heavy (non-hydrogen) atoms. The fraction of sp³-hybridized carbons (Fsp3) is 0.632. The molecule has 2 aliphatic rings. The highest BCUT2D eigenvalue weighted by Crippen LogP contribution is 2.27. The lowest BCUT2D eigenvalue weighted by molar-refractivity contribution is -0.120. The van der Waals surface area contributed by atoms with Crippen LogP contribution in [0.15, 0.2) is 24.3 Å². The topological polar surface area (TPSA) is 52.6 Å². The number of nitrogens with zero attached hydrogens (tertiary/aromatic N) is 1. The van der Waals surface area contributed by atoms with Crippen LogP contribution in [0.25, 0.3) is 0 Å². The van der Waals surface area contributed by atoms with Gasteiger partial charge in [-0.2, -0.15) is 0 Å². The number of likely N-dealkylation sites (tertiary alicyclic amines) is 1. The molecule has 126 valence electrons. The van der Waals surface area contributed by atoms with E-state index in [9.17, 15) is 9.90 Å². The van der Waals surface area contributed by atoms with Crippen molar-refractivity contribution < 1.29 is 9.90 Å². The van der Waals surface area contributed by atoms with Crippen molar-refractivity contribution in [2.75, 3.05) is 19.6 Å². The molecule has 4 heteroatoms. The van der Waals surface area contributed by atoms with Crippen LogP contribution in [0.2, 0.25) is 0 Å². The number of carbonyl (C=O) groups is 1. The molecular formula is C19H28N2O2. The minimum absolute atomic E-state index is 0.0479. The van der Waals surface area contributed by atoms with Crippen molar-refractivity contribution >= 4 is 5.91 Å². The first kappa shape index (κ1) is 16.3. The minimum Gasteiger partial charge on any atom is -0.508 e. The molecule has 1 amide bonds. The molecule has 0 unspecified atom stereocenters. The summed E-state index contributed by atoms with van der Waals surface area (Å²) in [6.07, 6.45) is 8.42. The number of hydrogen-bond donors (Lipinski definition) is 2. The zero-order valence-electron chi connectivity index (χ0n) is 13.8. The van der Waals surface area contributed by atoms with E-state index in [4.69, 9.17) is 0 Å². The fourth-order valence-electron chi connectivity index (χ4n) is 3.98. The van der Waals surface area contributed by atoms with Gasteiger partial charge in [0, 0.05) is 19.1 Å². The van der Waals surface area contributed by atoms with E-state index >= 15 is 0 Å². The molecule has 1 aromatic rings. The molecule has 1 aromatic carbocycles. The van der Waals surface area contributed by atoms with Crippen LogP contribution in [-0.2, 0) is 11.2 Å². The summed E-state index contributed by atoms with van der Waals surface area (Å²) in [5.41, 5.74) is 0.859. The van der Waals surface area contributed by atoms with Crippen LogP contribution in [0.5, 0.6) is 5.75 Å². The van der Waals surface area contributed by atoms with Gasteiger partial charge in [-0.05, 0) is 49.4 Å². The molecule has 2 N–H and O–H groups in total. The third-order valence-electron chi connectivity index (χ3n) is 5.27. The Bertz CT molecular complexity index is 526. The maximum absolute atomic E-state index is 12.1. The van der Waals surface area contributed by atoms with E-state index in [1.54, 1.807) is 18.2 Å². The van der Waals surface area contributed by atoms with E-state index in [1.165, 1.54) is 45.1 Å². The van der Waals surface area contributed by atoms with Gasteiger partial charge in [0.05, 0.1) is 6.42 Å². The molecule has 1 aliphatic carbocycles. The van der Waals surface area contributed by atoms with Gasteiger partial charge in [-0.3, -0.25) is 4.79 Å². The Labute approximate surface area is 138 Å². The van der Waals surface area contributed by atoms with Crippen molar-refractivity contribution in [3.8, 4) is 5.75 Å². The van der Waals surface area contributed by atoms with Gasteiger partial charge in [-0.25, -0.2) is 0 Å². The largest absolute Gasteiger partial charge is 0.508 e. The Morgan fingerprint density at radius 2 is 2.04 bits per heavy atom. The molecule has 4 nitrogen and oxygen atoms in total. The third-order valence-corrected chi connectivity index (χ3v) is 5.27. The molecule has 1 atom stereocenters. The van der Waals surface area contributed by atoms with Gasteiger partial charge < -0.3 is 15.3 Å². The second-order valence-corrected chi connectivity index (χ2v) is 7.09. The van der Waals surface area contributed by atoms with Crippen LogP contribution in [0, 0.1) is 5.92 Å². The maximum Gasteiger partial charge on any atom is 0.224 e. The summed E-state index contributed by atoms with van der Waals surface area (Å²) < 4.78 is 0. The van der Waals surface area contributed by atoms with E-state index in [0.717, 1.165) is 24.7 Å². The lowest BCUT2D eigenvalue weighted by Crippen LogP contribution is -2.36. The van der Waals surface area contributed by atoms with Gasteiger partial charge in [0.1, 0.15) is 5.75 Å². The van der Waals surface area contributed by atoms with Crippen LogP contribution in [-0.4, -0.2) is 41.6 Å². The monoisotopic (exact) mass is 316 g/mol. The van der Waals surface area contributed by atoms with Crippen LogP contribution >= 0.6 is 0 Å². The summed E-state index contributed by atoms with van der Waals surface area (Å²) in [6, 6.07) is 7.72. The highest BCUT2D eigenvalue weighted by Gasteiger charge is 2.29. The fourth-order valence-corrected chi connectivity index (χ4v) is 3.98. The molecule has 2 fully saturated rings. The maximum atomic E-state index is 12.1. The van der Waals surface area contributed by atoms with Gasteiger partial charge in [0.15, 0.2) is 0 Å². The van der Waals surface area contributed by atoms with Crippen molar-refractivity contribution in [2.45, 2.75) is 51.0 Å². The summed E-state index contributed by atoms with van der Waals surface area (Å²) in [5.74, 6) is 0.853. The summed E-state index contributed by atoms with van der Waals surface area (Å²) in [5, 5.41) is 12.5. The molecule has 1 aliphatic heterocycles. The molecular weight excluding hydrogens is 288 g/mol. The molecule has 3 rings (SSSR count). The standard InChI is InChI=1S/C19H28N2O2/c22-18-8-4-5-15(11-18)12-19(23)20-13-16-9-10-21(14-16)17-6-2-1-3-7-17/h4-5,8,11,16-17,22H,1-3,6-7,9-10,12-14H2,(H,20,23)/t16-/m1/s1. The Morgan fingerprint density at radius 3 is 2.83 bits per heavy atom. The lowest BCUT2D eigenvalue weighted by Gasteiger charge is -2.31. The molecule has 1 heterocycles. The minimum atomic E-state index is 0.0479. The lowest BCUT2D eigenvalue weighted by atomic mass is 9.94. The van der Waals surface area contributed by atoms with E-state index < -0.39 is 0 Å². The second-order valence-electron chi connectivity index (χ2n) is 7.09.